The highest BCUT2D eigenvalue weighted by atomic mass is 32.2. The molecule has 6 nitrogen and oxygen atoms in total. The van der Waals surface area contributed by atoms with E-state index in [9.17, 15) is 13.2 Å². The molecule has 3 rings (SSSR count). The first-order valence-electron chi connectivity index (χ1n) is 6.58. The first-order valence-corrected chi connectivity index (χ1v) is 8.06. The normalized spacial score (nSPS) is 13.3. The van der Waals surface area contributed by atoms with Gasteiger partial charge in [-0.15, -0.1) is 0 Å². The fourth-order valence-electron chi connectivity index (χ4n) is 2.24. The maximum absolute atomic E-state index is 12.3. The number of benzene rings is 2. The van der Waals surface area contributed by atoms with Crippen LogP contribution in [0.3, 0.4) is 0 Å². The van der Waals surface area contributed by atoms with Crippen molar-refractivity contribution >= 4 is 21.7 Å². The molecule has 2 N–H and O–H groups in total. The van der Waals surface area contributed by atoms with Crippen LogP contribution in [0.1, 0.15) is 15.9 Å². The monoisotopic (exact) mass is 319 g/mol. The van der Waals surface area contributed by atoms with E-state index in [0.717, 1.165) is 17.7 Å². The molecule has 0 spiro atoms. The van der Waals surface area contributed by atoms with Gasteiger partial charge < -0.3 is 9.84 Å². The lowest BCUT2D eigenvalue weighted by Crippen LogP contribution is -2.13. The lowest BCUT2D eigenvalue weighted by atomic mass is 10.1. The minimum Gasteiger partial charge on any atom is -0.493 e. The van der Waals surface area contributed by atoms with Gasteiger partial charge in [-0.1, -0.05) is 0 Å². The van der Waals surface area contributed by atoms with Crippen molar-refractivity contribution in [2.75, 3.05) is 11.3 Å². The molecule has 1 aliphatic rings. The third-order valence-electron chi connectivity index (χ3n) is 3.35. The van der Waals surface area contributed by atoms with E-state index in [2.05, 4.69) is 4.72 Å². The van der Waals surface area contributed by atoms with Gasteiger partial charge in [0, 0.05) is 12.1 Å². The molecular formula is C15H13NO5S. The second-order valence-corrected chi connectivity index (χ2v) is 6.54. The Bertz CT molecular complexity index is 828. The Morgan fingerprint density at radius 1 is 1.14 bits per heavy atom. The highest BCUT2D eigenvalue weighted by molar-refractivity contribution is 7.92. The predicted molar refractivity (Wildman–Crippen MR) is 79.9 cm³/mol. The first-order chi connectivity index (χ1) is 10.5. The van der Waals surface area contributed by atoms with Crippen LogP contribution < -0.4 is 9.46 Å². The second kappa shape index (κ2) is 5.34. The molecule has 0 atom stereocenters. The summed E-state index contributed by atoms with van der Waals surface area (Å²) in [4.78, 5) is 10.8. The number of sulfonamides is 1. The standard InChI is InChI=1S/C15H13NO5S/c17-15(18)10-1-4-13(5-2-10)22(19,20)16-12-3-6-14-11(9-12)7-8-21-14/h1-6,9,16H,7-8H2,(H,17,18). The number of hydrogen-bond donors (Lipinski definition) is 2. The summed E-state index contributed by atoms with van der Waals surface area (Å²) < 4.78 is 32.4. The molecule has 0 fully saturated rings. The molecule has 0 aromatic heterocycles. The van der Waals surface area contributed by atoms with Gasteiger partial charge >= 0.3 is 5.97 Å². The minimum absolute atomic E-state index is 0.00856. The lowest BCUT2D eigenvalue weighted by Gasteiger charge is -2.09. The van der Waals surface area contributed by atoms with Crippen LogP contribution in [0.5, 0.6) is 5.75 Å². The smallest absolute Gasteiger partial charge is 0.335 e. The van der Waals surface area contributed by atoms with E-state index >= 15 is 0 Å². The van der Waals surface area contributed by atoms with Crippen molar-refractivity contribution in [1.82, 2.24) is 0 Å². The first kappa shape index (κ1) is 14.4. The van der Waals surface area contributed by atoms with Crippen molar-refractivity contribution in [2.45, 2.75) is 11.3 Å². The molecule has 0 radical (unpaired) electrons. The quantitative estimate of drug-likeness (QED) is 0.900. The maximum Gasteiger partial charge on any atom is 0.335 e. The van der Waals surface area contributed by atoms with E-state index in [1.165, 1.54) is 24.3 Å². The van der Waals surface area contributed by atoms with Crippen molar-refractivity contribution in [3.05, 3.63) is 53.6 Å². The number of nitrogens with one attached hydrogen (secondary N) is 1. The van der Waals surface area contributed by atoms with Crippen LogP contribution in [-0.4, -0.2) is 26.1 Å². The number of ether oxygens (including phenoxy) is 1. The van der Waals surface area contributed by atoms with Crippen molar-refractivity contribution < 1.29 is 23.1 Å². The predicted octanol–water partition coefficient (Wildman–Crippen LogP) is 2.12. The number of rotatable bonds is 4. The zero-order chi connectivity index (χ0) is 15.7. The summed E-state index contributed by atoms with van der Waals surface area (Å²) >= 11 is 0. The van der Waals surface area contributed by atoms with E-state index < -0.39 is 16.0 Å². The molecule has 1 aliphatic heterocycles. The average molecular weight is 319 g/mol. The van der Waals surface area contributed by atoms with Crippen LogP contribution in [0.4, 0.5) is 5.69 Å². The van der Waals surface area contributed by atoms with Gasteiger partial charge in [0.15, 0.2) is 0 Å². The average Bonchev–Trinajstić information content (AvgIpc) is 2.94. The minimum atomic E-state index is -3.76. The maximum atomic E-state index is 12.3. The summed E-state index contributed by atoms with van der Waals surface area (Å²) in [6.45, 7) is 0.599. The van der Waals surface area contributed by atoms with Crippen molar-refractivity contribution in [1.29, 1.82) is 0 Å². The van der Waals surface area contributed by atoms with E-state index in [0.29, 0.717) is 12.3 Å². The molecular weight excluding hydrogens is 306 g/mol. The van der Waals surface area contributed by atoms with E-state index in [1.807, 2.05) is 0 Å². The lowest BCUT2D eigenvalue weighted by molar-refractivity contribution is 0.0696. The molecule has 2 aromatic rings. The SMILES string of the molecule is O=C(O)c1ccc(S(=O)(=O)Nc2ccc3c(c2)CCO3)cc1. The van der Waals surface area contributed by atoms with Gasteiger partial charge in [0.25, 0.3) is 10.0 Å². The van der Waals surface area contributed by atoms with Crippen molar-refractivity contribution in [2.24, 2.45) is 0 Å². The third kappa shape index (κ3) is 2.75. The molecule has 22 heavy (non-hydrogen) atoms. The number of anilines is 1. The van der Waals surface area contributed by atoms with Gasteiger partial charge in [-0.05, 0) is 48.0 Å². The summed E-state index contributed by atoms with van der Waals surface area (Å²) in [5, 5.41) is 8.83. The zero-order valence-electron chi connectivity index (χ0n) is 11.4. The molecule has 0 amide bonds. The Balaban J connectivity index is 1.85. The van der Waals surface area contributed by atoms with Gasteiger partial charge in [-0.25, -0.2) is 13.2 Å². The summed E-state index contributed by atoms with van der Waals surface area (Å²) in [7, 11) is -3.76. The van der Waals surface area contributed by atoms with Crippen LogP contribution in [-0.2, 0) is 16.4 Å². The zero-order valence-corrected chi connectivity index (χ0v) is 12.3. The fraction of sp³-hybridized carbons (Fsp3) is 0.133. The summed E-state index contributed by atoms with van der Waals surface area (Å²) in [5.74, 6) is -0.329. The fourth-order valence-corrected chi connectivity index (χ4v) is 3.29. The van der Waals surface area contributed by atoms with Crippen molar-refractivity contribution in [3.8, 4) is 5.75 Å². The van der Waals surface area contributed by atoms with E-state index in [1.54, 1.807) is 18.2 Å². The summed E-state index contributed by atoms with van der Waals surface area (Å²) in [6.07, 6.45) is 0.748. The van der Waals surface area contributed by atoms with Gasteiger partial charge in [0.05, 0.1) is 17.1 Å². The van der Waals surface area contributed by atoms with E-state index in [4.69, 9.17) is 9.84 Å². The van der Waals surface area contributed by atoms with Gasteiger partial charge in [0.2, 0.25) is 0 Å². The topological polar surface area (TPSA) is 92.7 Å². The molecule has 0 unspecified atom stereocenters. The number of carboxylic acids is 1. The molecule has 114 valence electrons. The number of hydrogen-bond acceptors (Lipinski definition) is 4. The number of fused-ring (bicyclic) bond motifs is 1. The van der Waals surface area contributed by atoms with E-state index in [-0.39, 0.29) is 10.5 Å². The van der Waals surface area contributed by atoms with Crippen LogP contribution >= 0.6 is 0 Å². The molecule has 0 bridgehead atoms. The largest absolute Gasteiger partial charge is 0.493 e. The molecule has 7 heteroatoms. The van der Waals surface area contributed by atoms with Gasteiger partial charge in [-0.3, -0.25) is 4.72 Å². The Morgan fingerprint density at radius 2 is 1.86 bits per heavy atom. The Hall–Kier alpha value is -2.54. The van der Waals surface area contributed by atoms with Crippen LogP contribution in [0.2, 0.25) is 0 Å². The molecule has 2 aromatic carbocycles. The van der Waals surface area contributed by atoms with Crippen molar-refractivity contribution in [3.63, 3.8) is 0 Å². The molecule has 1 heterocycles. The second-order valence-electron chi connectivity index (χ2n) is 4.86. The van der Waals surface area contributed by atoms with Crippen LogP contribution in [0, 0.1) is 0 Å². The van der Waals surface area contributed by atoms with Crippen LogP contribution in [0.15, 0.2) is 47.4 Å². The third-order valence-corrected chi connectivity index (χ3v) is 4.75. The van der Waals surface area contributed by atoms with Crippen LogP contribution in [0.25, 0.3) is 0 Å². The number of aromatic carboxylic acids is 1. The summed E-state index contributed by atoms with van der Waals surface area (Å²) in [5.41, 5.74) is 1.45. The molecule has 0 aliphatic carbocycles. The highest BCUT2D eigenvalue weighted by Gasteiger charge is 2.17. The number of carbonyl (C=O) groups is 1. The molecule has 0 saturated carbocycles. The van der Waals surface area contributed by atoms with Gasteiger partial charge in [-0.2, -0.15) is 0 Å². The molecule has 0 saturated heterocycles. The number of carboxylic acid groups (broad SMARTS) is 1. The van der Waals surface area contributed by atoms with Gasteiger partial charge in [0.1, 0.15) is 5.75 Å². The Labute approximate surface area is 127 Å². The summed E-state index contributed by atoms with van der Waals surface area (Å²) in [6, 6.07) is 10.2. The Kier molecular flexibility index (Phi) is 3.50. The highest BCUT2D eigenvalue weighted by Crippen LogP contribution is 2.28. The Morgan fingerprint density at radius 3 is 2.55 bits per heavy atom.